The first-order valence-electron chi connectivity index (χ1n) is 6.39. The van der Waals surface area contributed by atoms with Crippen molar-refractivity contribution in [1.29, 1.82) is 0 Å². The molecule has 4 aromatic rings. The number of aryl methyl sites for hydroxylation is 1. The Morgan fingerprint density at radius 1 is 1.23 bits per heavy atom. The second kappa shape index (κ2) is 5.11. The lowest BCUT2D eigenvalue weighted by molar-refractivity contribution is 0.432. The van der Waals surface area contributed by atoms with E-state index in [-0.39, 0.29) is 0 Å². The SMILES string of the molecule is Cc1csc(-c2noc(-c3cccc(-n4cnnn4)c3)n2)n1. The summed E-state index contributed by atoms with van der Waals surface area (Å²) >= 11 is 1.49. The van der Waals surface area contributed by atoms with Crippen molar-refractivity contribution >= 4 is 11.3 Å². The minimum absolute atomic E-state index is 0.428. The maximum Gasteiger partial charge on any atom is 0.258 e. The molecule has 1 aromatic carbocycles. The van der Waals surface area contributed by atoms with Crippen LogP contribution < -0.4 is 0 Å². The molecule has 0 aliphatic heterocycles. The molecule has 0 atom stereocenters. The summed E-state index contributed by atoms with van der Waals surface area (Å²) in [7, 11) is 0. The Bertz CT molecular complexity index is 912. The number of benzene rings is 1. The Morgan fingerprint density at radius 3 is 2.95 bits per heavy atom. The smallest absolute Gasteiger partial charge is 0.258 e. The lowest BCUT2D eigenvalue weighted by atomic mass is 10.2. The van der Waals surface area contributed by atoms with Crippen LogP contribution in [-0.2, 0) is 0 Å². The molecule has 0 bridgehead atoms. The average molecular weight is 311 g/mol. The molecule has 0 N–H and O–H groups in total. The molecule has 0 fully saturated rings. The lowest BCUT2D eigenvalue weighted by Crippen LogP contribution is -1.95. The average Bonchev–Trinajstić information content (AvgIpc) is 3.28. The van der Waals surface area contributed by atoms with E-state index in [0.29, 0.717) is 11.7 Å². The quantitative estimate of drug-likeness (QED) is 0.572. The molecule has 0 aliphatic carbocycles. The molecule has 4 rings (SSSR count). The van der Waals surface area contributed by atoms with E-state index >= 15 is 0 Å². The third-order valence-corrected chi connectivity index (χ3v) is 3.90. The predicted molar refractivity (Wildman–Crippen MR) is 78.3 cm³/mol. The third kappa shape index (κ3) is 2.27. The lowest BCUT2D eigenvalue weighted by Gasteiger charge is -2.00. The number of hydrogen-bond donors (Lipinski definition) is 0. The second-order valence-corrected chi connectivity index (χ2v) is 5.38. The van der Waals surface area contributed by atoms with E-state index in [1.54, 1.807) is 4.68 Å². The van der Waals surface area contributed by atoms with Crippen molar-refractivity contribution in [3.05, 3.63) is 41.7 Å². The molecule has 0 aliphatic rings. The van der Waals surface area contributed by atoms with Crippen LogP contribution in [0.15, 0.2) is 40.5 Å². The molecule has 0 saturated heterocycles. The van der Waals surface area contributed by atoms with Crippen LogP contribution in [0.5, 0.6) is 0 Å². The van der Waals surface area contributed by atoms with Gasteiger partial charge in [-0.15, -0.1) is 16.4 Å². The number of hydrogen-bond acceptors (Lipinski definition) is 8. The van der Waals surface area contributed by atoms with Crippen molar-refractivity contribution in [2.45, 2.75) is 6.92 Å². The van der Waals surface area contributed by atoms with Gasteiger partial charge in [-0.3, -0.25) is 0 Å². The van der Waals surface area contributed by atoms with Gasteiger partial charge in [0.25, 0.3) is 5.89 Å². The van der Waals surface area contributed by atoms with Crippen molar-refractivity contribution in [2.75, 3.05) is 0 Å². The minimum Gasteiger partial charge on any atom is -0.334 e. The van der Waals surface area contributed by atoms with Crippen LogP contribution in [0.1, 0.15) is 5.69 Å². The summed E-state index contributed by atoms with van der Waals surface area (Å²) in [4.78, 5) is 8.74. The van der Waals surface area contributed by atoms with Gasteiger partial charge in [-0.1, -0.05) is 11.2 Å². The predicted octanol–water partition coefficient (Wildman–Crippen LogP) is 2.14. The van der Waals surface area contributed by atoms with Crippen LogP contribution in [0, 0.1) is 6.92 Å². The maximum absolute atomic E-state index is 5.33. The van der Waals surface area contributed by atoms with Crippen molar-refractivity contribution in [3.8, 4) is 28.0 Å². The summed E-state index contributed by atoms with van der Waals surface area (Å²) in [6, 6.07) is 7.53. The summed E-state index contributed by atoms with van der Waals surface area (Å²) in [6.07, 6.45) is 1.52. The standard InChI is InChI=1S/C13H9N7OS/c1-8-6-22-13(15-8)11-16-12(21-17-11)9-3-2-4-10(5-9)20-7-14-18-19-20/h2-7H,1H3. The van der Waals surface area contributed by atoms with E-state index in [1.165, 1.54) is 17.7 Å². The first kappa shape index (κ1) is 12.8. The molecular formula is C13H9N7OS. The van der Waals surface area contributed by atoms with Crippen molar-refractivity contribution in [3.63, 3.8) is 0 Å². The topological polar surface area (TPSA) is 95.4 Å². The van der Waals surface area contributed by atoms with Gasteiger partial charge in [0.2, 0.25) is 5.82 Å². The zero-order valence-electron chi connectivity index (χ0n) is 11.4. The second-order valence-electron chi connectivity index (χ2n) is 4.52. The van der Waals surface area contributed by atoms with Gasteiger partial charge < -0.3 is 4.52 Å². The van der Waals surface area contributed by atoms with Gasteiger partial charge in [0.1, 0.15) is 6.33 Å². The van der Waals surface area contributed by atoms with E-state index in [9.17, 15) is 0 Å². The van der Waals surface area contributed by atoms with Gasteiger partial charge in [-0.25, -0.2) is 9.67 Å². The number of thiazole rings is 1. The van der Waals surface area contributed by atoms with Gasteiger partial charge in [0.15, 0.2) is 5.01 Å². The summed E-state index contributed by atoms with van der Waals surface area (Å²) in [5, 5.41) is 17.8. The van der Waals surface area contributed by atoms with Crippen LogP contribution >= 0.6 is 11.3 Å². The van der Waals surface area contributed by atoms with Gasteiger partial charge in [-0.2, -0.15) is 4.98 Å². The molecule has 0 unspecified atom stereocenters. The first-order valence-corrected chi connectivity index (χ1v) is 7.27. The molecule has 3 aromatic heterocycles. The summed E-state index contributed by atoms with van der Waals surface area (Å²) in [6.45, 7) is 1.93. The Kier molecular flexibility index (Phi) is 2.97. The fraction of sp³-hybridized carbons (Fsp3) is 0.0769. The fourth-order valence-electron chi connectivity index (χ4n) is 1.95. The van der Waals surface area contributed by atoms with Crippen molar-refractivity contribution in [2.24, 2.45) is 0 Å². The van der Waals surface area contributed by atoms with Crippen LogP contribution in [0.4, 0.5) is 0 Å². The Morgan fingerprint density at radius 2 is 2.18 bits per heavy atom. The minimum atomic E-state index is 0.428. The van der Waals surface area contributed by atoms with Gasteiger partial charge in [0.05, 0.1) is 5.69 Å². The van der Waals surface area contributed by atoms with E-state index in [1.807, 2.05) is 36.6 Å². The Hall–Kier alpha value is -2.94. The molecule has 0 spiro atoms. The van der Waals surface area contributed by atoms with Crippen LogP contribution in [0.25, 0.3) is 28.0 Å². The monoisotopic (exact) mass is 311 g/mol. The highest BCUT2D eigenvalue weighted by Gasteiger charge is 2.13. The number of nitrogens with zero attached hydrogens (tertiary/aromatic N) is 7. The molecule has 9 heteroatoms. The molecule has 0 radical (unpaired) electrons. The van der Waals surface area contributed by atoms with Crippen LogP contribution in [0.3, 0.4) is 0 Å². The molecule has 3 heterocycles. The van der Waals surface area contributed by atoms with Gasteiger partial charge >= 0.3 is 0 Å². The zero-order valence-corrected chi connectivity index (χ0v) is 12.2. The van der Waals surface area contributed by atoms with Crippen molar-refractivity contribution in [1.82, 2.24) is 35.3 Å². The van der Waals surface area contributed by atoms with E-state index < -0.39 is 0 Å². The molecule has 108 valence electrons. The Balaban J connectivity index is 1.71. The highest BCUT2D eigenvalue weighted by atomic mass is 32.1. The summed E-state index contributed by atoms with van der Waals surface area (Å²) in [5.74, 6) is 0.915. The van der Waals surface area contributed by atoms with E-state index in [4.69, 9.17) is 4.52 Å². The number of tetrazole rings is 1. The van der Waals surface area contributed by atoms with E-state index in [2.05, 4.69) is 30.7 Å². The first-order chi connectivity index (χ1) is 10.8. The number of rotatable bonds is 3. The third-order valence-electron chi connectivity index (χ3n) is 2.94. The summed E-state index contributed by atoms with van der Waals surface area (Å²) < 4.78 is 6.89. The van der Waals surface area contributed by atoms with Gasteiger partial charge in [0, 0.05) is 16.6 Å². The molecule has 0 amide bonds. The molecular weight excluding hydrogens is 302 g/mol. The highest BCUT2D eigenvalue weighted by molar-refractivity contribution is 7.13. The normalized spacial score (nSPS) is 11.0. The molecule has 0 saturated carbocycles. The molecule has 22 heavy (non-hydrogen) atoms. The van der Waals surface area contributed by atoms with Crippen LogP contribution in [-0.4, -0.2) is 35.3 Å². The number of aromatic nitrogens is 7. The largest absolute Gasteiger partial charge is 0.334 e. The summed E-state index contributed by atoms with van der Waals surface area (Å²) in [5.41, 5.74) is 2.54. The zero-order chi connectivity index (χ0) is 14.9. The van der Waals surface area contributed by atoms with Crippen molar-refractivity contribution < 1.29 is 4.52 Å². The van der Waals surface area contributed by atoms with E-state index in [0.717, 1.165) is 22.0 Å². The highest BCUT2D eigenvalue weighted by Crippen LogP contribution is 2.25. The van der Waals surface area contributed by atoms with Crippen LogP contribution in [0.2, 0.25) is 0 Å². The van der Waals surface area contributed by atoms with Gasteiger partial charge in [-0.05, 0) is 35.5 Å². The fourth-order valence-corrected chi connectivity index (χ4v) is 2.67. The molecule has 8 nitrogen and oxygen atoms in total. The maximum atomic E-state index is 5.33. The Labute approximate surface area is 128 Å².